The van der Waals surface area contributed by atoms with Gasteiger partial charge in [-0.15, -0.1) is 0 Å². The lowest BCUT2D eigenvalue weighted by Gasteiger charge is -2.22. The molecule has 0 radical (unpaired) electrons. The Morgan fingerprint density at radius 3 is 2.50 bits per heavy atom. The number of halogens is 1. The first-order valence-corrected chi connectivity index (χ1v) is 6.44. The number of rotatable bonds is 4. The Balaban J connectivity index is 2.61. The summed E-state index contributed by atoms with van der Waals surface area (Å²) in [5.41, 5.74) is 6.14. The van der Waals surface area contributed by atoms with Gasteiger partial charge in [0.05, 0.1) is 13.2 Å². The normalized spacial score (nSPS) is 12.2. The van der Waals surface area contributed by atoms with Crippen LogP contribution in [0.25, 0.3) is 0 Å². The second-order valence-corrected chi connectivity index (χ2v) is 4.82. The summed E-state index contributed by atoms with van der Waals surface area (Å²) in [6.07, 6.45) is 0. The zero-order valence-electron chi connectivity index (χ0n) is 11.9. The maximum Gasteiger partial charge on any atom is 0.128 e. The van der Waals surface area contributed by atoms with Crippen molar-refractivity contribution < 1.29 is 9.13 Å². The molecule has 0 fully saturated rings. The standard InChI is InChI=1S/C16H19FN2O/c1-10-8-11(2)15(14(9-10)20-3)16(19-18)12-6-4-5-7-13(12)17/h4-9,16,19H,18H2,1-3H3. The highest BCUT2D eigenvalue weighted by molar-refractivity contribution is 5.48. The molecule has 0 saturated carbocycles. The smallest absolute Gasteiger partial charge is 0.128 e. The van der Waals surface area contributed by atoms with E-state index in [9.17, 15) is 4.39 Å². The van der Waals surface area contributed by atoms with Crippen LogP contribution in [0.2, 0.25) is 0 Å². The van der Waals surface area contributed by atoms with Gasteiger partial charge < -0.3 is 4.74 Å². The van der Waals surface area contributed by atoms with Crippen LogP contribution in [0, 0.1) is 19.7 Å². The average Bonchev–Trinajstić information content (AvgIpc) is 2.43. The van der Waals surface area contributed by atoms with E-state index in [1.54, 1.807) is 25.3 Å². The molecule has 0 aliphatic heterocycles. The molecule has 0 aromatic heterocycles. The third-order valence-corrected chi connectivity index (χ3v) is 3.38. The summed E-state index contributed by atoms with van der Waals surface area (Å²) < 4.78 is 19.5. The van der Waals surface area contributed by atoms with Gasteiger partial charge in [-0.05, 0) is 37.1 Å². The Morgan fingerprint density at radius 1 is 1.20 bits per heavy atom. The minimum Gasteiger partial charge on any atom is -0.496 e. The van der Waals surface area contributed by atoms with Gasteiger partial charge in [0.1, 0.15) is 11.6 Å². The van der Waals surface area contributed by atoms with Gasteiger partial charge in [0.15, 0.2) is 0 Å². The number of hydrogen-bond acceptors (Lipinski definition) is 3. The molecule has 0 spiro atoms. The van der Waals surface area contributed by atoms with Crippen molar-refractivity contribution >= 4 is 0 Å². The van der Waals surface area contributed by atoms with Crippen LogP contribution in [0.5, 0.6) is 5.75 Å². The van der Waals surface area contributed by atoms with Crippen LogP contribution < -0.4 is 16.0 Å². The van der Waals surface area contributed by atoms with E-state index in [-0.39, 0.29) is 5.82 Å². The summed E-state index contributed by atoms with van der Waals surface area (Å²) >= 11 is 0. The molecule has 3 N–H and O–H groups in total. The first kappa shape index (κ1) is 14.5. The number of benzene rings is 2. The van der Waals surface area contributed by atoms with E-state index in [0.29, 0.717) is 11.3 Å². The number of ether oxygens (including phenoxy) is 1. The van der Waals surface area contributed by atoms with Crippen molar-refractivity contribution in [1.82, 2.24) is 5.43 Å². The molecule has 1 unspecified atom stereocenters. The van der Waals surface area contributed by atoms with Crippen molar-refractivity contribution in [3.63, 3.8) is 0 Å². The number of methoxy groups -OCH3 is 1. The Bertz CT molecular complexity index is 613. The number of nitrogens with two attached hydrogens (primary N) is 1. The van der Waals surface area contributed by atoms with Gasteiger partial charge in [0, 0.05) is 11.1 Å². The van der Waals surface area contributed by atoms with Crippen LogP contribution in [-0.4, -0.2) is 7.11 Å². The monoisotopic (exact) mass is 274 g/mol. The van der Waals surface area contributed by atoms with Gasteiger partial charge in [0.2, 0.25) is 0 Å². The van der Waals surface area contributed by atoms with Gasteiger partial charge in [-0.2, -0.15) is 0 Å². The molecule has 0 amide bonds. The molecule has 0 aliphatic carbocycles. The van der Waals surface area contributed by atoms with Gasteiger partial charge in [0.25, 0.3) is 0 Å². The average molecular weight is 274 g/mol. The highest BCUT2D eigenvalue weighted by atomic mass is 19.1. The molecule has 0 aliphatic rings. The number of nitrogens with one attached hydrogen (secondary N) is 1. The predicted molar refractivity (Wildman–Crippen MR) is 78.0 cm³/mol. The molecule has 0 bridgehead atoms. The third kappa shape index (κ3) is 2.66. The van der Waals surface area contributed by atoms with E-state index >= 15 is 0 Å². The summed E-state index contributed by atoms with van der Waals surface area (Å²) in [5.74, 6) is 6.07. The van der Waals surface area contributed by atoms with Crippen LogP contribution >= 0.6 is 0 Å². The van der Waals surface area contributed by atoms with E-state index in [0.717, 1.165) is 16.7 Å². The summed E-state index contributed by atoms with van der Waals surface area (Å²) in [4.78, 5) is 0. The van der Waals surface area contributed by atoms with Crippen LogP contribution in [-0.2, 0) is 0 Å². The Morgan fingerprint density at radius 2 is 1.90 bits per heavy atom. The van der Waals surface area contributed by atoms with Crippen molar-refractivity contribution in [1.29, 1.82) is 0 Å². The molecular formula is C16H19FN2O. The molecule has 20 heavy (non-hydrogen) atoms. The number of hydrogen-bond donors (Lipinski definition) is 2. The van der Waals surface area contributed by atoms with Crippen LogP contribution in [0.1, 0.15) is 28.3 Å². The summed E-state index contributed by atoms with van der Waals surface area (Å²) in [5, 5.41) is 0. The zero-order chi connectivity index (χ0) is 14.7. The zero-order valence-corrected chi connectivity index (χ0v) is 11.9. The fourth-order valence-corrected chi connectivity index (χ4v) is 2.52. The lowest BCUT2D eigenvalue weighted by Crippen LogP contribution is -2.30. The maximum atomic E-state index is 14.0. The largest absolute Gasteiger partial charge is 0.496 e. The molecule has 0 heterocycles. The summed E-state index contributed by atoms with van der Waals surface area (Å²) in [7, 11) is 1.60. The highest BCUT2D eigenvalue weighted by Gasteiger charge is 2.22. The molecule has 2 aromatic rings. The SMILES string of the molecule is COc1cc(C)cc(C)c1C(NN)c1ccccc1F. The minimum atomic E-state index is -0.452. The van der Waals surface area contributed by atoms with Crippen molar-refractivity contribution in [2.24, 2.45) is 5.84 Å². The molecule has 2 rings (SSSR count). The van der Waals surface area contributed by atoms with Gasteiger partial charge in [-0.3, -0.25) is 5.84 Å². The van der Waals surface area contributed by atoms with Crippen molar-refractivity contribution in [3.05, 3.63) is 64.5 Å². The number of hydrazine groups is 1. The Kier molecular flexibility index (Phi) is 4.37. The van der Waals surface area contributed by atoms with E-state index in [1.807, 2.05) is 26.0 Å². The van der Waals surface area contributed by atoms with Crippen molar-refractivity contribution in [2.45, 2.75) is 19.9 Å². The Hall–Kier alpha value is -1.91. The first-order chi connectivity index (χ1) is 9.58. The second kappa shape index (κ2) is 6.03. The molecule has 4 heteroatoms. The maximum absolute atomic E-state index is 14.0. The van der Waals surface area contributed by atoms with Crippen molar-refractivity contribution in [2.75, 3.05) is 7.11 Å². The van der Waals surface area contributed by atoms with Crippen LogP contribution in [0.15, 0.2) is 36.4 Å². The lowest BCUT2D eigenvalue weighted by atomic mass is 9.93. The molecule has 1 atom stereocenters. The van der Waals surface area contributed by atoms with Gasteiger partial charge in [-0.1, -0.05) is 24.3 Å². The van der Waals surface area contributed by atoms with E-state index < -0.39 is 6.04 Å². The van der Waals surface area contributed by atoms with E-state index in [1.165, 1.54) is 6.07 Å². The minimum absolute atomic E-state index is 0.294. The highest BCUT2D eigenvalue weighted by Crippen LogP contribution is 2.34. The Labute approximate surface area is 118 Å². The summed E-state index contributed by atoms with van der Waals surface area (Å²) in [6, 6.07) is 10.1. The molecule has 106 valence electrons. The van der Waals surface area contributed by atoms with Gasteiger partial charge >= 0.3 is 0 Å². The van der Waals surface area contributed by atoms with E-state index in [2.05, 4.69) is 5.43 Å². The first-order valence-electron chi connectivity index (χ1n) is 6.44. The van der Waals surface area contributed by atoms with Crippen LogP contribution in [0.4, 0.5) is 4.39 Å². The van der Waals surface area contributed by atoms with E-state index in [4.69, 9.17) is 10.6 Å². The number of aryl methyl sites for hydroxylation is 2. The fraction of sp³-hybridized carbons (Fsp3) is 0.250. The van der Waals surface area contributed by atoms with Crippen LogP contribution in [0.3, 0.4) is 0 Å². The predicted octanol–water partition coefficient (Wildman–Crippen LogP) is 3.00. The quantitative estimate of drug-likeness (QED) is 0.665. The molecule has 3 nitrogen and oxygen atoms in total. The third-order valence-electron chi connectivity index (χ3n) is 3.38. The summed E-state index contributed by atoms with van der Waals surface area (Å²) in [6.45, 7) is 3.96. The molecule has 0 saturated heterocycles. The van der Waals surface area contributed by atoms with Crippen molar-refractivity contribution in [3.8, 4) is 5.75 Å². The molecular weight excluding hydrogens is 255 g/mol. The second-order valence-electron chi connectivity index (χ2n) is 4.82. The fourth-order valence-electron chi connectivity index (χ4n) is 2.52. The lowest BCUT2D eigenvalue weighted by molar-refractivity contribution is 0.402. The topological polar surface area (TPSA) is 47.3 Å². The van der Waals surface area contributed by atoms with Gasteiger partial charge in [-0.25, -0.2) is 9.82 Å². The molecule has 2 aromatic carbocycles.